The minimum absolute atomic E-state index is 0.680. The Morgan fingerprint density at radius 1 is 0.426 bits per heavy atom. The van der Waals surface area contributed by atoms with E-state index in [-0.39, 0.29) is 0 Å². The van der Waals surface area contributed by atoms with Crippen molar-refractivity contribution in [3.05, 3.63) is 200 Å². The largest absolute Gasteiger partial charge is 0.456 e. The maximum Gasteiger partial charge on any atom is 0.161 e. The quantitative estimate of drug-likeness (QED) is 0.174. The standard InChI is InChI=1S/C56H33N3OS/c1-3-12-34(13-4-1)36-22-24-38(25-23-36)53-55-54(43-18-9-10-21-50(43)61-55)58-56(57-53)44-19-11-20-48-52(44)42-29-28-40(33-49(42)60-48)59-46-30-27-39(35-14-5-2-6-15-35)32-45(46)51-41-17-8-7-16-37(41)26-31-47(51)59/h1-33H. The molecule has 0 saturated heterocycles. The first-order valence-electron chi connectivity index (χ1n) is 20.6. The molecule has 0 spiro atoms. The van der Waals surface area contributed by atoms with Crippen molar-refractivity contribution in [3.8, 4) is 50.6 Å². The third-order valence-electron chi connectivity index (χ3n) is 12.2. The van der Waals surface area contributed by atoms with Crippen LogP contribution in [0.3, 0.4) is 0 Å². The second-order valence-electron chi connectivity index (χ2n) is 15.7. The van der Waals surface area contributed by atoms with Crippen LogP contribution in [0.25, 0.3) is 125 Å². The molecule has 0 saturated carbocycles. The number of benzene rings is 9. The van der Waals surface area contributed by atoms with E-state index in [4.69, 9.17) is 14.4 Å². The van der Waals surface area contributed by atoms with E-state index in [2.05, 4.69) is 205 Å². The molecule has 284 valence electrons. The number of rotatable bonds is 5. The maximum absolute atomic E-state index is 6.77. The fourth-order valence-electron chi connectivity index (χ4n) is 9.38. The van der Waals surface area contributed by atoms with E-state index in [9.17, 15) is 0 Å². The van der Waals surface area contributed by atoms with Crippen LogP contribution in [-0.4, -0.2) is 14.5 Å². The highest BCUT2D eigenvalue weighted by molar-refractivity contribution is 7.26. The van der Waals surface area contributed by atoms with Gasteiger partial charge in [-0.25, -0.2) is 9.97 Å². The highest BCUT2D eigenvalue weighted by Gasteiger charge is 2.22. The third kappa shape index (κ3) is 5.31. The summed E-state index contributed by atoms with van der Waals surface area (Å²) in [5.74, 6) is 0.680. The molecule has 13 rings (SSSR count). The predicted molar refractivity (Wildman–Crippen MR) is 256 cm³/mol. The van der Waals surface area contributed by atoms with Gasteiger partial charge in [-0.05, 0) is 75.5 Å². The first-order valence-corrected chi connectivity index (χ1v) is 21.4. The van der Waals surface area contributed by atoms with Crippen LogP contribution in [0.5, 0.6) is 0 Å². The fraction of sp³-hybridized carbons (Fsp3) is 0. The molecule has 9 aromatic carbocycles. The van der Waals surface area contributed by atoms with Crippen molar-refractivity contribution in [1.29, 1.82) is 0 Å². The van der Waals surface area contributed by atoms with Gasteiger partial charge in [0, 0.05) is 54.5 Å². The van der Waals surface area contributed by atoms with E-state index in [0.29, 0.717) is 5.82 Å². The zero-order valence-corrected chi connectivity index (χ0v) is 33.5. The van der Waals surface area contributed by atoms with E-state index in [1.165, 1.54) is 48.5 Å². The molecular weight excluding hydrogens is 763 g/mol. The van der Waals surface area contributed by atoms with Gasteiger partial charge in [0.1, 0.15) is 11.2 Å². The van der Waals surface area contributed by atoms with E-state index < -0.39 is 0 Å². The first-order chi connectivity index (χ1) is 30.2. The van der Waals surface area contributed by atoms with Crippen LogP contribution >= 0.6 is 11.3 Å². The molecule has 4 aromatic heterocycles. The summed E-state index contributed by atoms with van der Waals surface area (Å²) in [6.07, 6.45) is 0. The number of fused-ring (bicyclic) bond motifs is 11. The number of thiophene rings is 1. The summed E-state index contributed by atoms with van der Waals surface area (Å²) in [5.41, 5.74) is 13.6. The van der Waals surface area contributed by atoms with Gasteiger partial charge in [0.15, 0.2) is 5.82 Å². The maximum atomic E-state index is 6.77. The van der Waals surface area contributed by atoms with Gasteiger partial charge >= 0.3 is 0 Å². The third-order valence-corrected chi connectivity index (χ3v) is 13.4. The SMILES string of the molecule is c1ccc(-c2ccc(-c3nc(-c4cccc5oc6cc(-n7c8ccc(-c9ccccc9)cc8c8c9ccccc9ccc87)ccc6c45)nc4c3sc3ccccc34)cc2)cc1. The van der Waals surface area contributed by atoms with Crippen molar-refractivity contribution in [2.45, 2.75) is 0 Å². The minimum Gasteiger partial charge on any atom is -0.456 e. The summed E-state index contributed by atoms with van der Waals surface area (Å²) < 4.78 is 11.4. The van der Waals surface area contributed by atoms with Crippen LogP contribution in [-0.2, 0) is 0 Å². The Kier molecular flexibility index (Phi) is 7.44. The molecule has 61 heavy (non-hydrogen) atoms. The molecule has 0 radical (unpaired) electrons. The second kappa shape index (κ2) is 13.3. The minimum atomic E-state index is 0.680. The summed E-state index contributed by atoms with van der Waals surface area (Å²) in [6, 6.07) is 71.3. The molecule has 0 aliphatic carbocycles. The van der Waals surface area contributed by atoms with Gasteiger partial charge in [0.2, 0.25) is 0 Å². The normalized spacial score (nSPS) is 11.9. The molecule has 4 heterocycles. The topological polar surface area (TPSA) is 43.9 Å². The van der Waals surface area contributed by atoms with Crippen molar-refractivity contribution in [1.82, 2.24) is 14.5 Å². The van der Waals surface area contributed by atoms with Gasteiger partial charge < -0.3 is 8.98 Å². The van der Waals surface area contributed by atoms with Gasteiger partial charge in [-0.15, -0.1) is 11.3 Å². The molecule has 0 atom stereocenters. The van der Waals surface area contributed by atoms with Gasteiger partial charge in [0.25, 0.3) is 0 Å². The number of nitrogens with zero attached hydrogens (tertiary/aromatic N) is 3. The van der Waals surface area contributed by atoms with Crippen LogP contribution in [0.1, 0.15) is 0 Å². The first kappa shape index (κ1) is 34.0. The average Bonchev–Trinajstić information content (AvgIpc) is 4.01. The lowest BCUT2D eigenvalue weighted by atomic mass is 10.0. The summed E-state index contributed by atoms with van der Waals surface area (Å²) in [5, 5.41) is 8.11. The van der Waals surface area contributed by atoms with Gasteiger partial charge in [0.05, 0.1) is 26.9 Å². The summed E-state index contributed by atoms with van der Waals surface area (Å²) >= 11 is 1.75. The summed E-state index contributed by atoms with van der Waals surface area (Å²) in [7, 11) is 0. The zero-order chi connectivity index (χ0) is 40.0. The number of aromatic nitrogens is 3. The lowest BCUT2D eigenvalue weighted by molar-refractivity contribution is 0.668. The van der Waals surface area contributed by atoms with E-state index in [1.54, 1.807) is 11.3 Å². The predicted octanol–water partition coefficient (Wildman–Crippen LogP) is 15.7. The van der Waals surface area contributed by atoms with E-state index >= 15 is 0 Å². The number of furan rings is 1. The molecule has 0 amide bonds. The summed E-state index contributed by atoms with van der Waals surface area (Å²) in [4.78, 5) is 10.8. The van der Waals surface area contributed by atoms with Crippen LogP contribution in [0.15, 0.2) is 205 Å². The monoisotopic (exact) mass is 795 g/mol. The number of hydrogen-bond acceptors (Lipinski definition) is 4. The zero-order valence-electron chi connectivity index (χ0n) is 32.7. The molecular formula is C56H33N3OS. The van der Waals surface area contributed by atoms with Gasteiger partial charge in [-0.2, -0.15) is 0 Å². The van der Waals surface area contributed by atoms with Crippen molar-refractivity contribution in [3.63, 3.8) is 0 Å². The Hall–Kier alpha value is -7.86. The van der Waals surface area contributed by atoms with E-state index in [0.717, 1.165) is 71.1 Å². The van der Waals surface area contributed by atoms with Crippen molar-refractivity contribution < 1.29 is 4.42 Å². The molecule has 0 fully saturated rings. The molecule has 0 N–H and O–H groups in total. The van der Waals surface area contributed by atoms with Gasteiger partial charge in [-0.1, -0.05) is 152 Å². The van der Waals surface area contributed by atoms with Crippen LogP contribution in [0.2, 0.25) is 0 Å². The van der Waals surface area contributed by atoms with E-state index in [1.807, 2.05) is 0 Å². The molecule has 0 aliphatic rings. The Labute approximate surface area is 354 Å². The smallest absolute Gasteiger partial charge is 0.161 e. The van der Waals surface area contributed by atoms with Crippen molar-refractivity contribution in [2.24, 2.45) is 0 Å². The molecule has 13 aromatic rings. The molecule has 5 heteroatoms. The molecule has 0 aliphatic heterocycles. The highest BCUT2D eigenvalue weighted by atomic mass is 32.1. The van der Waals surface area contributed by atoms with Crippen LogP contribution in [0, 0.1) is 0 Å². The second-order valence-corrected chi connectivity index (χ2v) is 16.7. The Balaban J connectivity index is 1.00. The van der Waals surface area contributed by atoms with Crippen molar-refractivity contribution in [2.75, 3.05) is 0 Å². The summed E-state index contributed by atoms with van der Waals surface area (Å²) in [6.45, 7) is 0. The molecule has 0 bridgehead atoms. The molecule has 0 unspecified atom stereocenters. The van der Waals surface area contributed by atoms with Crippen LogP contribution in [0.4, 0.5) is 0 Å². The number of hydrogen-bond donors (Lipinski definition) is 0. The van der Waals surface area contributed by atoms with Crippen LogP contribution < -0.4 is 0 Å². The Morgan fingerprint density at radius 2 is 1.11 bits per heavy atom. The van der Waals surface area contributed by atoms with Gasteiger partial charge in [-0.3, -0.25) is 0 Å². The fourth-order valence-corrected chi connectivity index (χ4v) is 10.5. The Bertz CT molecular complexity index is 3860. The van der Waals surface area contributed by atoms with Crippen molar-refractivity contribution >= 4 is 86.2 Å². The Morgan fingerprint density at radius 3 is 1.95 bits per heavy atom. The average molecular weight is 796 g/mol. The highest BCUT2D eigenvalue weighted by Crippen LogP contribution is 2.44. The lowest BCUT2D eigenvalue weighted by Crippen LogP contribution is -1.94. The lowest BCUT2D eigenvalue weighted by Gasteiger charge is -2.10. The molecule has 4 nitrogen and oxygen atoms in total.